The first kappa shape index (κ1) is 16.9. The Morgan fingerprint density at radius 2 is 2.00 bits per heavy atom. The number of hydrogen-bond acceptors (Lipinski definition) is 4. The number of carbonyl (C=O) groups excluding carboxylic acids is 1. The fourth-order valence-electron chi connectivity index (χ4n) is 2.16. The van der Waals surface area contributed by atoms with E-state index in [4.69, 9.17) is 11.6 Å². The Morgan fingerprint density at radius 3 is 2.80 bits per heavy atom. The van der Waals surface area contributed by atoms with Crippen molar-refractivity contribution >= 4 is 34.8 Å². The zero-order valence-corrected chi connectivity index (χ0v) is 14.0. The molecular formula is C18H14ClFN4O. The number of amides is 1. The molecule has 0 aliphatic rings. The molecule has 0 saturated heterocycles. The van der Waals surface area contributed by atoms with Crippen molar-refractivity contribution in [2.75, 3.05) is 10.6 Å². The summed E-state index contributed by atoms with van der Waals surface area (Å²) in [7, 11) is 0. The third-order valence-electron chi connectivity index (χ3n) is 3.42. The number of aryl methyl sites for hydroxylation is 1. The van der Waals surface area contributed by atoms with E-state index >= 15 is 0 Å². The van der Waals surface area contributed by atoms with Gasteiger partial charge in [-0.15, -0.1) is 0 Å². The Labute approximate surface area is 148 Å². The minimum atomic E-state index is -0.459. The number of halogens is 2. The van der Waals surface area contributed by atoms with Crippen LogP contribution in [0, 0.1) is 12.7 Å². The van der Waals surface area contributed by atoms with Gasteiger partial charge in [0.15, 0.2) is 0 Å². The third-order valence-corrected chi connectivity index (χ3v) is 3.65. The van der Waals surface area contributed by atoms with E-state index in [1.807, 2.05) is 13.0 Å². The number of rotatable bonds is 4. The lowest BCUT2D eigenvalue weighted by atomic mass is 10.2. The predicted octanol–water partition coefficient (Wildman–Crippen LogP) is 4.57. The molecule has 0 bridgehead atoms. The highest BCUT2D eigenvalue weighted by Crippen LogP contribution is 2.22. The van der Waals surface area contributed by atoms with Gasteiger partial charge in [0, 0.05) is 22.6 Å². The van der Waals surface area contributed by atoms with Crippen molar-refractivity contribution in [3.8, 4) is 0 Å². The highest BCUT2D eigenvalue weighted by molar-refractivity contribution is 6.30. The summed E-state index contributed by atoms with van der Waals surface area (Å²) in [5.41, 5.74) is 2.21. The van der Waals surface area contributed by atoms with E-state index in [0.717, 1.165) is 11.3 Å². The molecule has 2 N–H and O–H groups in total. The van der Waals surface area contributed by atoms with E-state index in [0.29, 0.717) is 10.7 Å². The minimum absolute atomic E-state index is 0.154. The fourth-order valence-corrected chi connectivity index (χ4v) is 2.33. The summed E-state index contributed by atoms with van der Waals surface area (Å²) in [6.07, 6.45) is 1.47. The molecule has 25 heavy (non-hydrogen) atoms. The first-order valence-corrected chi connectivity index (χ1v) is 7.82. The highest BCUT2D eigenvalue weighted by atomic mass is 35.5. The first-order chi connectivity index (χ1) is 12.0. The maximum Gasteiger partial charge on any atom is 0.274 e. The van der Waals surface area contributed by atoms with Crippen molar-refractivity contribution in [1.82, 2.24) is 9.97 Å². The number of aromatic nitrogens is 2. The van der Waals surface area contributed by atoms with Crippen LogP contribution in [0.3, 0.4) is 0 Å². The SMILES string of the molecule is Cc1ccc(Cl)cc1Nc1nccc(C(=O)Nc2cccc(F)c2)n1. The second-order valence-corrected chi connectivity index (χ2v) is 5.75. The zero-order valence-electron chi connectivity index (χ0n) is 13.3. The predicted molar refractivity (Wildman–Crippen MR) is 95.9 cm³/mol. The van der Waals surface area contributed by atoms with Crippen molar-refractivity contribution in [3.63, 3.8) is 0 Å². The van der Waals surface area contributed by atoms with E-state index in [1.54, 1.807) is 18.2 Å². The molecule has 0 radical (unpaired) electrons. The average Bonchev–Trinajstić information content (AvgIpc) is 2.58. The molecule has 126 valence electrons. The van der Waals surface area contributed by atoms with Crippen molar-refractivity contribution in [2.45, 2.75) is 6.92 Å². The number of nitrogens with one attached hydrogen (secondary N) is 2. The molecule has 0 unspecified atom stereocenters. The van der Waals surface area contributed by atoms with E-state index in [2.05, 4.69) is 20.6 Å². The Balaban J connectivity index is 1.79. The topological polar surface area (TPSA) is 66.9 Å². The summed E-state index contributed by atoms with van der Waals surface area (Å²) in [6.45, 7) is 1.92. The highest BCUT2D eigenvalue weighted by Gasteiger charge is 2.10. The van der Waals surface area contributed by atoms with E-state index in [-0.39, 0.29) is 11.6 Å². The molecule has 0 aliphatic heterocycles. The fraction of sp³-hybridized carbons (Fsp3) is 0.0556. The lowest BCUT2D eigenvalue weighted by Gasteiger charge is -2.10. The van der Waals surface area contributed by atoms with Gasteiger partial charge in [-0.3, -0.25) is 4.79 Å². The van der Waals surface area contributed by atoms with E-state index < -0.39 is 11.7 Å². The molecule has 0 atom stereocenters. The molecule has 3 rings (SSSR count). The van der Waals surface area contributed by atoms with Crippen LogP contribution in [0.4, 0.5) is 21.7 Å². The summed E-state index contributed by atoms with van der Waals surface area (Å²) in [5.74, 6) is -0.629. The number of benzene rings is 2. The monoisotopic (exact) mass is 356 g/mol. The lowest BCUT2D eigenvalue weighted by molar-refractivity contribution is 0.102. The average molecular weight is 357 g/mol. The number of hydrogen-bond donors (Lipinski definition) is 2. The molecule has 0 fully saturated rings. The van der Waals surface area contributed by atoms with Crippen LogP contribution in [0.2, 0.25) is 5.02 Å². The molecule has 7 heteroatoms. The molecule has 0 aliphatic carbocycles. The van der Waals surface area contributed by atoms with Gasteiger partial charge in [0.2, 0.25) is 5.95 Å². The summed E-state index contributed by atoms with van der Waals surface area (Å²) in [6, 6.07) is 12.5. The quantitative estimate of drug-likeness (QED) is 0.718. The van der Waals surface area contributed by atoms with Gasteiger partial charge in [-0.25, -0.2) is 14.4 Å². The Kier molecular flexibility index (Phi) is 4.90. The van der Waals surface area contributed by atoms with Gasteiger partial charge >= 0.3 is 0 Å². The van der Waals surface area contributed by atoms with Crippen molar-refractivity contribution in [2.24, 2.45) is 0 Å². The van der Waals surface area contributed by atoms with Crippen molar-refractivity contribution < 1.29 is 9.18 Å². The van der Waals surface area contributed by atoms with Gasteiger partial charge in [0.1, 0.15) is 11.5 Å². The summed E-state index contributed by atoms with van der Waals surface area (Å²) >= 11 is 5.99. The molecule has 5 nitrogen and oxygen atoms in total. The van der Waals surface area contributed by atoms with Crippen molar-refractivity contribution in [1.29, 1.82) is 0 Å². The van der Waals surface area contributed by atoms with Gasteiger partial charge < -0.3 is 10.6 Å². The zero-order chi connectivity index (χ0) is 17.8. The standard InChI is InChI=1S/C18H14ClFN4O/c1-11-5-6-12(19)9-16(11)24-18-21-8-7-15(23-18)17(25)22-14-4-2-3-13(20)10-14/h2-10H,1H3,(H,22,25)(H,21,23,24). The molecular weight excluding hydrogens is 343 g/mol. The van der Waals surface area contributed by atoms with E-state index in [9.17, 15) is 9.18 Å². The maximum absolute atomic E-state index is 13.2. The van der Waals surface area contributed by atoms with Crippen LogP contribution in [-0.4, -0.2) is 15.9 Å². The first-order valence-electron chi connectivity index (χ1n) is 7.44. The molecule has 1 aromatic heterocycles. The second kappa shape index (κ2) is 7.27. The summed E-state index contributed by atoms with van der Waals surface area (Å²) in [5, 5.41) is 6.20. The molecule has 0 saturated carbocycles. The van der Waals surface area contributed by atoms with Gasteiger partial charge in [-0.05, 0) is 48.9 Å². The van der Waals surface area contributed by atoms with Crippen LogP contribution in [-0.2, 0) is 0 Å². The second-order valence-electron chi connectivity index (χ2n) is 5.31. The Bertz CT molecular complexity index is 932. The minimum Gasteiger partial charge on any atom is -0.324 e. The van der Waals surface area contributed by atoms with E-state index in [1.165, 1.54) is 30.5 Å². The lowest BCUT2D eigenvalue weighted by Crippen LogP contribution is -2.15. The largest absolute Gasteiger partial charge is 0.324 e. The van der Waals surface area contributed by atoms with Gasteiger partial charge in [0.05, 0.1) is 0 Å². The summed E-state index contributed by atoms with van der Waals surface area (Å²) in [4.78, 5) is 20.6. The smallest absolute Gasteiger partial charge is 0.274 e. The van der Waals surface area contributed by atoms with Gasteiger partial charge in [0.25, 0.3) is 5.91 Å². The van der Waals surface area contributed by atoms with Crippen molar-refractivity contribution in [3.05, 3.63) is 76.8 Å². The third kappa shape index (κ3) is 4.30. The molecule has 0 spiro atoms. The van der Waals surface area contributed by atoms with Gasteiger partial charge in [-0.2, -0.15) is 0 Å². The van der Waals surface area contributed by atoms with Crippen LogP contribution < -0.4 is 10.6 Å². The maximum atomic E-state index is 13.2. The Morgan fingerprint density at radius 1 is 1.16 bits per heavy atom. The van der Waals surface area contributed by atoms with Crippen LogP contribution in [0.25, 0.3) is 0 Å². The normalized spacial score (nSPS) is 10.4. The number of anilines is 3. The molecule has 2 aromatic carbocycles. The Hall–Kier alpha value is -2.99. The van der Waals surface area contributed by atoms with Gasteiger partial charge in [-0.1, -0.05) is 23.7 Å². The summed E-state index contributed by atoms with van der Waals surface area (Å²) < 4.78 is 13.2. The number of carbonyl (C=O) groups is 1. The number of nitrogens with zero attached hydrogens (tertiary/aromatic N) is 2. The molecule has 1 amide bonds. The van der Waals surface area contributed by atoms with Crippen LogP contribution in [0.1, 0.15) is 16.1 Å². The molecule has 3 aromatic rings. The molecule has 1 heterocycles. The van der Waals surface area contributed by atoms with Crippen LogP contribution in [0.5, 0.6) is 0 Å². The van der Waals surface area contributed by atoms with Crippen LogP contribution in [0.15, 0.2) is 54.7 Å². The van der Waals surface area contributed by atoms with Crippen LogP contribution >= 0.6 is 11.6 Å².